The van der Waals surface area contributed by atoms with Gasteiger partial charge in [-0.05, 0) is 29.2 Å². The molecule has 112 valence electrons. The first-order valence-corrected chi connectivity index (χ1v) is 7.60. The maximum absolute atomic E-state index is 10.2. The van der Waals surface area contributed by atoms with Gasteiger partial charge in [0.25, 0.3) is 0 Å². The summed E-state index contributed by atoms with van der Waals surface area (Å²) in [6.45, 7) is 1.29. The number of hydrogen-bond acceptors (Lipinski definition) is 6. The van der Waals surface area contributed by atoms with Gasteiger partial charge in [0, 0.05) is 5.69 Å². The standard InChI is InChI=1S/C14H15ClN2O3S/c1-19-13-12(15)11(21-17-13)6-16-10-4-2-9(3-5-10)14(18)7-20-8-14/h2-5,16,18H,6-8H2,1H3. The Hall–Kier alpha value is -1.34. The number of aliphatic hydroxyl groups is 1. The molecule has 21 heavy (non-hydrogen) atoms. The molecule has 5 nitrogen and oxygen atoms in total. The molecule has 1 aliphatic heterocycles. The van der Waals surface area contributed by atoms with Crippen molar-refractivity contribution in [2.45, 2.75) is 12.1 Å². The molecule has 1 aliphatic rings. The number of aromatic nitrogens is 1. The van der Waals surface area contributed by atoms with Crippen molar-refractivity contribution in [1.82, 2.24) is 4.37 Å². The smallest absolute Gasteiger partial charge is 0.244 e. The van der Waals surface area contributed by atoms with Gasteiger partial charge in [-0.3, -0.25) is 0 Å². The summed E-state index contributed by atoms with van der Waals surface area (Å²) in [6.07, 6.45) is 0. The summed E-state index contributed by atoms with van der Waals surface area (Å²) in [7, 11) is 1.55. The summed E-state index contributed by atoms with van der Waals surface area (Å²) in [4.78, 5) is 0.920. The monoisotopic (exact) mass is 326 g/mol. The highest BCUT2D eigenvalue weighted by molar-refractivity contribution is 7.06. The predicted molar refractivity (Wildman–Crippen MR) is 82.2 cm³/mol. The molecule has 0 atom stereocenters. The van der Waals surface area contributed by atoms with Gasteiger partial charge in [0.15, 0.2) is 0 Å². The first-order valence-electron chi connectivity index (χ1n) is 6.45. The van der Waals surface area contributed by atoms with Crippen molar-refractivity contribution < 1.29 is 14.6 Å². The Bertz CT molecular complexity index is 626. The first-order chi connectivity index (χ1) is 10.1. The number of rotatable bonds is 5. The third-order valence-electron chi connectivity index (χ3n) is 3.42. The van der Waals surface area contributed by atoms with Crippen molar-refractivity contribution >= 4 is 28.8 Å². The molecule has 2 aromatic rings. The Morgan fingerprint density at radius 2 is 2.14 bits per heavy atom. The Labute approximate surface area is 131 Å². The topological polar surface area (TPSA) is 63.6 Å². The van der Waals surface area contributed by atoms with Crippen LogP contribution >= 0.6 is 23.1 Å². The maximum atomic E-state index is 10.2. The number of anilines is 1. The molecule has 2 heterocycles. The van der Waals surface area contributed by atoms with E-state index in [9.17, 15) is 5.11 Å². The van der Waals surface area contributed by atoms with Crippen LogP contribution in [0.25, 0.3) is 0 Å². The molecule has 0 unspecified atom stereocenters. The van der Waals surface area contributed by atoms with E-state index in [0.717, 1.165) is 16.1 Å². The fourth-order valence-electron chi connectivity index (χ4n) is 2.08. The SMILES string of the molecule is COc1nsc(CNc2ccc(C3(O)COC3)cc2)c1Cl. The predicted octanol–water partition coefficient (Wildman–Crippen LogP) is 2.64. The highest BCUT2D eigenvalue weighted by Crippen LogP contribution is 2.32. The molecule has 0 radical (unpaired) electrons. The fourth-order valence-corrected chi connectivity index (χ4v) is 3.08. The van der Waals surface area contributed by atoms with E-state index >= 15 is 0 Å². The molecule has 0 bridgehead atoms. The van der Waals surface area contributed by atoms with Crippen LogP contribution in [-0.4, -0.2) is 29.8 Å². The number of methoxy groups -OCH3 is 1. The molecule has 7 heteroatoms. The molecule has 0 aliphatic carbocycles. The third-order valence-corrected chi connectivity index (χ3v) is 4.75. The average Bonchev–Trinajstić information content (AvgIpc) is 2.83. The molecule has 1 aromatic heterocycles. The Morgan fingerprint density at radius 1 is 1.43 bits per heavy atom. The van der Waals surface area contributed by atoms with Gasteiger partial charge in [-0.15, -0.1) is 0 Å². The van der Waals surface area contributed by atoms with E-state index in [0.29, 0.717) is 30.7 Å². The van der Waals surface area contributed by atoms with E-state index in [-0.39, 0.29) is 0 Å². The Balaban J connectivity index is 1.64. The summed E-state index contributed by atoms with van der Waals surface area (Å²) in [6, 6.07) is 7.66. The highest BCUT2D eigenvalue weighted by Gasteiger charge is 2.37. The van der Waals surface area contributed by atoms with E-state index < -0.39 is 5.60 Å². The van der Waals surface area contributed by atoms with E-state index in [1.807, 2.05) is 24.3 Å². The van der Waals surface area contributed by atoms with Crippen LogP contribution in [0.4, 0.5) is 5.69 Å². The zero-order valence-corrected chi connectivity index (χ0v) is 13.0. The molecule has 0 saturated carbocycles. The van der Waals surface area contributed by atoms with Gasteiger partial charge in [-0.1, -0.05) is 23.7 Å². The zero-order valence-electron chi connectivity index (χ0n) is 11.4. The highest BCUT2D eigenvalue weighted by atomic mass is 35.5. The summed E-state index contributed by atoms with van der Waals surface area (Å²) in [5.74, 6) is 0.459. The Kier molecular flexibility index (Phi) is 4.03. The molecule has 1 aromatic carbocycles. The number of nitrogens with zero attached hydrogens (tertiary/aromatic N) is 1. The first kappa shape index (κ1) is 14.6. The van der Waals surface area contributed by atoms with Crippen LogP contribution < -0.4 is 10.1 Å². The van der Waals surface area contributed by atoms with Crippen molar-refractivity contribution in [2.75, 3.05) is 25.6 Å². The minimum Gasteiger partial charge on any atom is -0.479 e. The van der Waals surface area contributed by atoms with Gasteiger partial charge in [0.2, 0.25) is 5.88 Å². The number of benzene rings is 1. The molecule has 0 spiro atoms. The number of hydrogen-bond donors (Lipinski definition) is 2. The van der Waals surface area contributed by atoms with Gasteiger partial charge in [-0.25, -0.2) is 0 Å². The summed E-state index contributed by atoms with van der Waals surface area (Å²) >= 11 is 7.45. The number of ether oxygens (including phenoxy) is 2. The normalized spacial score (nSPS) is 16.3. The quantitative estimate of drug-likeness (QED) is 0.884. The fraction of sp³-hybridized carbons (Fsp3) is 0.357. The molecule has 2 N–H and O–H groups in total. The van der Waals surface area contributed by atoms with Crippen molar-refractivity contribution in [2.24, 2.45) is 0 Å². The van der Waals surface area contributed by atoms with Crippen LogP contribution in [0.3, 0.4) is 0 Å². The van der Waals surface area contributed by atoms with Crippen LogP contribution in [0.15, 0.2) is 24.3 Å². The maximum Gasteiger partial charge on any atom is 0.244 e. The second-order valence-electron chi connectivity index (χ2n) is 4.88. The van der Waals surface area contributed by atoms with Crippen LogP contribution in [0.2, 0.25) is 5.02 Å². The lowest BCUT2D eigenvalue weighted by molar-refractivity contribution is -0.184. The molecule has 3 rings (SSSR count). The van der Waals surface area contributed by atoms with E-state index in [4.69, 9.17) is 21.1 Å². The summed E-state index contributed by atoms with van der Waals surface area (Å²) < 4.78 is 14.2. The lowest BCUT2D eigenvalue weighted by Crippen LogP contribution is -2.46. The van der Waals surface area contributed by atoms with Crippen molar-refractivity contribution in [3.63, 3.8) is 0 Å². The molecule has 1 saturated heterocycles. The van der Waals surface area contributed by atoms with Crippen molar-refractivity contribution in [3.8, 4) is 5.88 Å². The largest absolute Gasteiger partial charge is 0.479 e. The van der Waals surface area contributed by atoms with Crippen LogP contribution in [0.5, 0.6) is 5.88 Å². The van der Waals surface area contributed by atoms with Gasteiger partial charge in [0.1, 0.15) is 10.6 Å². The second kappa shape index (κ2) is 5.81. The molecular weight excluding hydrogens is 312 g/mol. The van der Waals surface area contributed by atoms with Gasteiger partial charge in [0.05, 0.1) is 31.7 Å². The second-order valence-corrected chi connectivity index (χ2v) is 6.12. The minimum absolute atomic E-state index is 0.357. The summed E-state index contributed by atoms with van der Waals surface area (Å²) in [5, 5.41) is 14.0. The van der Waals surface area contributed by atoms with Crippen LogP contribution in [0.1, 0.15) is 10.4 Å². The van der Waals surface area contributed by atoms with Crippen molar-refractivity contribution in [3.05, 3.63) is 39.7 Å². The van der Waals surface area contributed by atoms with Gasteiger partial charge >= 0.3 is 0 Å². The van der Waals surface area contributed by atoms with E-state index in [1.54, 1.807) is 7.11 Å². The van der Waals surface area contributed by atoms with Gasteiger partial charge < -0.3 is 19.9 Å². The Morgan fingerprint density at radius 3 is 2.67 bits per heavy atom. The van der Waals surface area contributed by atoms with E-state index in [2.05, 4.69) is 9.69 Å². The lowest BCUT2D eigenvalue weighted by Gasteiger charge is -2.36. The minimum atomic E-state index is -0.827. The average molecular weight is 327 g/mol. The molecule has 1 fully saturated rings. The zero-order chi connectivity index (χ0) is 14.9. The molecule has 0 amide bonds. The molecular formula is C14H15ClN2O3S. The van der Waals surface area contributed by atoms with Crippen LogP contribution in [-0.2, 0) is 16.9 Å². The third kappa shape index (κ3) is 2.85. The van der Waals surface area contributed by atoms with E-state index in [1.165, 1.54) is 11.5 Å². The van der Waals surface area contributed by atoms with Crippen molar-refractivity contribution in [1.29, 1.82) is 0 Å². The number of halogens is 1. The lowest BCUT2D eigenvalue weighted by atomic mass is 9.92. The van der Waals surface area contributed by atoms with Crippen LogP contribution in [0, 0.1) is 0 Å². The summed E-state index contributed by atoms with van der Waals surface area (Å²) in [5.41, 5.74) is 0.996. The number of nitrogens with one attached hydrogen (secondary N) is 1. The van der Waals surface area contributed by atoms with Gasteiger partial charge in [-0.2, -0.15) is 4.37 Å².